The molecule has 0 aliphatic heterocycles. The molecular weight excluding hydrogens is 216 g/mol. The van der Waals surface area contributed by atoms with Crippen LogP contribution in [0, 0.1) is 0 Å². The molecule has 1 heterocycles. The molecule has 0 aliphatic rings. The molecule has 0 radical (unpaired) electrons. The van der Waals surface area contributed by atoms with Crippen molar-refractivity contribution in [2.45, 2.75) is 19.8 Å². The Morgan fingerprint density at radius 1 is 0.941 bits per heavy atom. The lowest BCUT2D eigenvalue weighted by molar-refractivity contribution is 0.543. The summed E-state index contributed by atoms with van der Waals surface area (Å²) in [6, 6.07) is 5.48. The second-order valence-corrected chi connectivity index (χ2v) is 4.62. The molecule has 0 amide bonds. The topological polar surface area (TPSA) is 44.0 Å². The van der Waals surface area contributed by atoms with E-state index in [4.69, 9.17) is 0 Å². The molecule has 2 aromatic rings. The Morgan fingerprint density at radius 2 is 1.47 bits per heavy atom. The highest BCUT2D eigenvalue weighted by Gasteiger charge is 2.09. The van der Waals surface area contributed by atoms with Gasteiger partial charge in [0.25, 0.3) is 11.1 Å². The smallest absolute Gasteiger partial charge is 0.267 e. The standard InChI is InChI=1S/C13H16N2O2/c1-8(2)9-5-6-10-11(7-9)13(17)15(4)14(3)12(10)16/h5-8H,1-4H3. The minimum Gasteiger partial charge on any atom is -0.267 e. The highest BCUT2D eigenvalue weighted by Crippen LogP contribution is 2.17. The van der Waals surface area contributed by atoms with E-state index in [0.717, 1.165) is 5.56 Å². The van der Waals surface area contributed by atoms with Gasteiger partial charge in [-0.25, -0.2) is 0 Å². The molecule has 0 N–H and O–H groups in total. The van der Waals surface area contributed by atoms with Crippen molar-refractivity contribution in [3.8, 4) is 0 Å². The molecule has 2 rings (SSSR count). The van der Waals surface area contributed by atoms with Crippen LogP contribution in [-0.4, -0.2) is 9.36 Å². The lowest BCUT2D eigenvalue weighted by Crippen LogP contribution is -2.35. The van der Waals surface area contributed by atoms with Crippen LogP contribution in [0.4, 0.5) is 0 Å². The Kier molecular flexibility index (Phi) is 2.65. The van der Waals surface area contributed by atoms with Gasteiger partial charge in [-0.05, 0) is 23.6 Å². The van der Waals surface area contributed by atoms with Gasteiger partial charge in [0, 0.05) is 14.1 Å². The highest BCUT2D eigenvalue weighted by molar-refractivity contribution is 5.81. The third-order valence-corrected chi connectivity index (χ3v) is 3.21. The van der Waals surface area contributed by atoms with Crippen LogP contribution in [0.3, 0.4) is 0 Å². The van der Waals surface area contributed by atoms with Gasteiger partial charge in [0.05, 0.1) is 10.8 Å². The van der Waals surface area contributed by atoms with Crippen LogP contribution >= 0.6 is 0 Å². The van der Waals surface area contributed by atoms with E-state index in [1.54, 1.807) is 20.2 Å². The fraction of sp³-hybridized carbons (Fsp3) is 0.385. The Balaban J connectivity index is 2.97. The van der Waals surface area contributed by atoms with Crippen molar-refractivity contribution < 1.29 is 0 Å². The zero-order valence-electron chi connectivity index (χ0n) is 10.5. The Hall–Kier alpha value is -1.84. The van der Waals surface area contributed by atoms with Crippen LogP contribution in [0.15, 0.2) is 27.8 Å². The second-order valence-electron chi connectivity index (χ2n) is 4.62. The number of hydrogen-bond acceptors (Lipinski definition) is 2. The molecule has 4 heteroatoms. The molecule has 0 saturated carbocycles. The molecule has 90 valence electrons. The van der Waals surface area contributed by atoms with Crippen LogP contribution in [0.25, 0.3) is 10.8 Å². The molecule has 0 spiro atoms. The number of benzene rings is 1. The first kappa shape index (κ1) is 11.6. The molecule has 1 aromatic heterocycles. The quantitative estimate of drug-likeness (QED) is 0.745. The first-order chi connectivity index (χ1) is 7.93. The highest BCUT2D eigenvalue weighted by atomic mass is 16.2. The van der Waals surface area contributed by atoms with E-state index < -0.39 is 0 Å². The normalized spacial score (nSPS) is 11.4. The van der Waals surface area contributed by atoms with Crippen molar-refractivity contribution in [2.24, 2.45) is 14.1 Å². The van der Waals surface area contributed by atoms with Crippen molar-refractivity contribution in [1.82, 2.24) is 9.36 Å². The first-order valence-electron chi connectivity index (χ1n) is 5.63. The van der Waals surface area contributed by atoms with Gasteiger partial charge in [-0.2, -0.15) is 0 Å². The maximum Gasteiger partial charge on any atom is 0.273 e. The van der Waals surface area contributed by atoms with Crippen molar-refractivity contribution in [3.05, 3.63) is 44.5 Å². The van der Waals surface area contributed by atoms with E-state index in [2.05, 4.69) is 13.8 Å². The fourth-order valence-corrected chi connectivity index (χ4v) is 1.91. The van der Waals surface area contributed by atoms with Crippen molar-refractivity contribution in [2.75, 3.05) is 0 Å². The monoisotopic (exact) mass is 232 g/mol. The third-order valence-electron chi connectivity index (χ3n) is 3.21. The maximum atomic E-state index is 12.1. The third kappa shape index (κ3) is 1.69. The van der Waals surface area contributed by atoms with Gasteiger partial charge in [-0.1, -0.05) is 19.9 Å². The van der Waals surface area contributed by atoms with Crippen molar-refractivity contribution in [3.63, 3.8) is 0 Å². The Labute approximate surface area is 99.1 Å². The van der Waals surface area contributed by atoms with E-state index in [1.165, 1.54) is 9.36 Å². The molecule has 0 unspecified atom stereocenters. The molecule has 0 aliphatic carbocycles. The van der Waals surface area contributed by atoms with Crippen LogP contribution in [0.5, 0.6) is 0 Å². The van der Waals surface area contributed by atoms with Crippen LogP contribution in [0.1, 0.15) is 25.3 Å². The summed E-state index contributed by atoms with van der Waals surface area (Å²) in [5, 5.41) is 0.988. The van der Waals surface area contributed by atoms with Gasteiger partial charge in [-0.15, -0.1) is 0 Å². The maximum absolute atomic E-state index is 12.1. The van der Waals surface area contributed by atoms with E-state index in [-0.39, 0.29) is 11.1 Å². The van der Waals surface area contributed by atoms with E-state index in [1.807, 2.05) is 12.1 Å². The summed E-state index contributed by atoms with van der Waals surface area (Å²) in [5.74, 6) is 0.341. The summed E-state index contributed by atoms with van der Waals surface area (Å²) in [6.07, 6.45) is 0. The zero-order valence-corrected chi connectivity index (χ0v) is 10.5. The Bertz CT molecular complexity index is 693. The number of aromatic nitrogens is 2. The summed E-state index contributed by atoms with van der Waals surface area (Å²) in [4.78, 5) is 24.1. The van der Waals surface area contributed by atoms with E-state index in [9.17, 15) is 9.59 Å². The van der Waals surface area contributed by atoms with E-state index >= 15 is 0 Å². The fourth-order valence-electron chi connectivity index (χ4n) is 1.91. The van der Waals surface area contributed by atoms with Gasteiger partial charge < -0.3 is 0 Å². The van der Waals surface area contributed by atoms with Gasteiger partial charge in [0.2, 0.25) is 0 Å². The zero-order chi connectivity index (χ0) is 12.7. The average molecular weight is 232 g/mol. The summed E-state index contributed by atoms with van der Waals surface area (Å²) in [5.41, 5.74) is 0.796. The van der Waals surface area contributed by atoms with Crippen molar-refractivity contribution >= 4 is 10.8 Å². The molecule has 0 fully saturated rings. The Morgan fingerprint density at radius 3 is 2.00 bits per heavy atom. The average Bonchev–Trinajstić information content (AvgIpc) is 2.32. The number of hydrogen-bond donors (Lipinski definition) is 0. The number of rotatable bonds is 1. The van der Waals surface area contributed by atoms with Crippen molar-refractivity contribution in [1.29, 1.82) is 0 Å². The van der Waals surface area contributed by atoms with Crippen LogP contribution in [-0.2, 0) is 14.1 Å². The van der Waals surface area contributed by atoms with Crippen LogP contribution in [0.2, 0.25) is 0 Å². The molecular formula is C13H16N2O2. The molecule has 0 atom stereocenters. The first-order valence-corrected chi connectivity index (χ1v) is 5.63. The van der Waals surface area contributed by atoms with Gasteiger partial charge in [0.15, 0.2) is 0 Å². The molecule has 4 nitrogen and oxygen atoms in total. The SMILES string of the molecule is CC(C)c1ccc2c(=O)n(C)n(C)c(=O)c2c1. The molecule has 1 aromatic carbocycles. The number of fused-ring (bicyclic) bond motifs is 1. The van der Waals surface area contributed by atoms with Crippen LogP contribution < -0.4 is 11.1 Å². The van der Waals surface area contributed by atoms with E-state index in [0.29, 0.717) is 16.7 Å². The predicted octanol–water partition coefficient (Wildman–Crippen LogP) is 1.36. The van der Waals surface area contributed by atoms with Gasteiger partial charge in [-0.3, -0.25) is 19.0 Å². The lowest BCUT2D eigenvalue weighted by Gasteiger charge is -2.10. The minimum atomic E-state index is -0.141. The molecule has 0 saturated heterocycles. The van der Waals surface area contributed by atoms with Gasteiger partial charge in [0.1, 0.15) is 0 Å². The second kappa shape index (κ2) is 3.87. The number of nitrogens with zero attached hydrogens (tertiary/aromatic N) is 2. The lowest BCUT2D eigenvalue weighted by atomic mass is 10.0. The molecule has 17 heavy (non-hydrogen) atoms. The summed E-state index contributed by atoms with van der Waals surface area (Å²) < 4.78 is 2.68. The van der Waals surface area contributed by atoms with Gasteiger partial charge >= 0.3 is 0 Å². The summed E-state index contributed by atoms with van der Waals surface area (Å²) in [7, 11) is 3.20. The largest absolute Gasteiger partial charge is 0.273 e. The summed E-state index contributed by atoms with van der Waals surface area (Å²) >= 11 is 0. The molecule has 0 bridgehead atoms. The minimum absolute atomic E-state index is 0.135. The predicted molar refractivity (Wildman–Crippen MR) is 68.5 cm³/mol. The summed E-state index contributed by atoms with van der Waals surface area (Å²) in [6.45, 7) is 4.12.